The number of rotatable bonds is 8. The van der Waals surface area contributed by atoms with Crippen molar-refractivity contribution in [1.82, 2.24) is 0 Å². The number of carbonyl (C=O) groups is 4. The number of nitrogens with one attached hydrogen (secondary N) is 3. The van der Waals surface area contributed by atoms with Crippen LogP contribution in [0.1, 0.15) is 34.1 Å². The smallest absolute Gasteiger partial charge is 0.338 e. The Hall–Kier alpha value is -4.46. The monoisotopic (exact) mass is 445 g/mol. The van der Waals surface area contributed by atoms with Crippen LogP contribution in [0, 0.1) is 0 Å². The Morgan fingerprint density at radius 3 is 1.76 bits per heavy atom. The summed E-state index contributed by atoms with van der Waals surface area (Å²) in [6.07, 6.45) is 0.356. The fourth-order valence-corrected chi connectivity index (χ4v) is 2.79. The molecule has 3 N–H and O–H groups in total. The lowest BCUT2D eigenvalue weighted by molar-refractivity contribution is -0.115. The Kier molecular flexibility index (Phi) is 7.91. The normalized spacial score (nSPS) is 10.1. The Morgan fingerprint density at radius 1 is 0.667 bits per heavy atom. The number of hydrogen-bond donors (Lipinski definition) is 3. The van der Waals surface area contributed by atoms with Gasteiger partial charge in [-0.3, -0.25) is 9.59 Å². The van der Waals surface area contributed by atoms with Gasteiger partial charge in [-0.15, -0.1) is 0 Å². The lowest BCUT2D eigenvalue weighted by Gasteiger charge is -2.09. The number of ketones is 1. The van der Waals surface area contributed by atoms with Crippen molar-refractivity contribution in [2.45, 2.75) is 13.3 Å². The summed E-state index contributed by atoms with van der Waals surface area (Å²) in [5.41, 5.74) is 2.34. The Bertz CT molecular complexity index is 1130. The van der Waals surface area contributed by atoms with Crippen molar-refractivity contribution in [1.29, 1.82) is 0 Å². The number of benzene rings is 3. The van der Waals surface area contributed by atoms with Crippen molar-refractivity contribution in [2.75, 3.05) is 22.6 Å². The van der Waals surface area contributed by atoms with E-state index in [1.54, 1.807) is 55.5 Å². The molecule has 0 heterocycles. The van der Waals surface area contributed by atoms with E-state index in [0.29, 0.717) is 29.0 Å². The molecule has 8 nitrogen and oxygen atoms in total. The standard InChI is InChI=1S/C25H23N3O5/c1-2-23(30)26-20-12-8-17(9-13-20)22(29)16-33-24(31)18-10-14-21(15-11-18)28-25(32)27-19-6-4-3-5-7-19/h3-15H,2,16H2,1H3,(H,26,30)(H2,27,28,32). The van der Waals surface area contributed by atoms with Gasteiger partial charge >= 0.3 is 12.0 Å². The summed E-state index contributed by atoms with van der Waals surface area (Å²) in [7, 11) is 0. The van der Waals surface area contributed by atoms with Gasteiger partial charge in [-0.05, 0) is 60.7 Å². The first-order valence-electron chi connectivity index (χ1n) is 10.3. The minimum absolute atomic E-state index is 0.124. The molecule has 0 atom stereocenters. The van der Waals surface area contributed by atoms with Gasteiger partial charge in [0.2, 0.25) is 5.91 Å². The van der Waals surface area contributed by atoms with Crippen LogP contribution in [-0.4, -0.2) is 30.3 Å². The zero-order valence-electron chi connectivity index (χ0n) is 18.0. The third kappa shape index (κ3) is 7.03. The molecule has 0 aliphatic carbocycles. The Labute approximate surface area is 191 Å². The largest absolute Gasteiger partial charge is 0.454 e. The second kappa shape index (κ2) is 11.2. The number of anilines is 3. The molecule has 0 radical (unpaired) electrons. The van der Waals surface area contributed by atoms with E-state index in [-0.39, 0.29) is 17.3 Å². The number of ether oxygens (including phenoxy) is 1. The third-order valence-electron chi connectivity index (χ3n) is 4.56. The van der Waals surface area contributed by atoms with Gasteiger partial charge < -0.3 is 20.7 Å². The molecular weight excluding hydrogens is 422 g/mol. The number of hydrogen-bond acceptors (Lipinski definition) is 5. The van der Waals surface area contributed by atoms with Gasteiger partial charge in [-0.2, -0.15) is 0 Å². The van der Waals surface area contributed by atoms with Crippen LogP contribution in [0.3, 0.4) is 0 Å². The van der Waals surface area contributed by atoms with Gasteiger partial charge in [-0.1, -0.05) is 25.1 Å². The second-order valence-electron chi connectivity index (χ2n) is 7.00. The van der Waals surface area contributed by atoms with Crippen LogP contribution >= 0.6 is 0 Å². The number of amides is 3. The number of para-hydroxylation sites is 1. The maximum atomic E-state index is 12.3. The maximum absolute atomic E-state index is 12.3. The van der Waals surface area contributed by atoms with E-state index in [1.807, 2.05) is 18.2 Å². The van der Waals surface area contributed by atoms with Crippen LogP contribution in [0.5, 0.6) is 0 Å². The van der Waals surface area contributed by atoms with E-state index < -0.39 is 18.6 Å². The molecule has 168 valence electrons. The van der Waals surface area contributed by atoms with Gasteiger partial charge in [0.15, 0.2) is 12.4 Å². The summed E-state index contributed by atoms with van der Waals surface area (Å²) in [6, 6.07) is 21.0. The topological polar surface area (TPSA) is 114 Å². The van der Waals surface area contributed by atoms with E-state index in [9.17, 15) is 19.2 Å². The first-order valence-corrected chi connectivity index (χ1v) is 10.3. The predicted molar refractivity (Wildman–Crippen MR) is 126 cm³/mol. The van der Waals surface area contributed by atoms with Gasteiger partial charge in [0.05, 0.1) is 5.56 Å². The van der Waals surface area contributed by atoms with Crippen molar-refractivity contribution in [2.24, 2.45) is 0 Å². The molecule has 0 aliphatic heterocycles. The predicted octanol–water partition coefficient (Wildman–Crippen LogP) is 4.72. The molecule has 0 bridgehead atoms. The summed E-state index contributed by atoms with van der Waals surface area (Å²) in [5, 5.41) is 8.05. The number of esters is 1. The lowest BCUT2D eigenvalue weighted by Crippen LogP contribution is -2.19. The summed E-state index contributed by atoms with van der Waals surface area (Å²) in [5.74, 6) is -1.15. The minimum atomic E-state index is -0.657. The number of carbonyl (C=O) groups excluding carboxylic acids is 4. The van der Waals surface area contributed by atoms with E-state index in [1.165, 1.54) is 12.1 Å². The van der Waals surface area contributed by atoms with Crippen LogP contribution in [0.25, 0.3) is 0 Å². The average Bonchev–Trinajstić information content (AvgIpc) is 2.83. The highest BCUT2D eigenvalue weighted by Gasteiger charge is 2.13. The van der Waals surface area contributed by atoms with Crippen LogP contribution in [0.2, 0.25) is 0 Å². The van der Waals surface area contributed by atoms with Gasteiger partial charge in [0, 0.05) is 29.0 Å². The average molecular weight is 445 g/mol. The van der Waals surface area contributed by atoms with Crippen molar-refractivity contribution in [3.05, 3.63) is 90.0 Å². The van der Waals surface area contributed by atoms with Crippen molar-refractivity contribution < 1.29 is 23.9 Å². The molecule has 0 saturated heterocycles. The molecule has 0 saturated carbocycles. The van der Waals surface area contributed by atoms with Crippen LogP contribution < -0.4 is 16.0 Å². The second-order valence-corrected chi connectivity index (χ2v) is 7.00. The van der Waals surface area contributed by atoms with Crippen molar-refractivity contribution >= 4 is 40.8 Å². The van der Waals surface area contributed by atoms with E-state index >= 15 is 0 Å². The molecule has 0 spiro atoms. The molecule has 3 aromatic rings. The molecule has 0 aromatic heterocycles. The van der Waals surface area contributed by atoms with E-state index in [4.69, 9.17) is 4.74 Å². The maximum Gasteiger partial charge on any atom is 0.338 e. The number of urea groups is 1. The molecule has 0 aliphatic rings. The van der Waals surface area contributed by atoms with Crippen LogP contribution in [-0.2, 0) is 9.53 Å². The first kappa shape index (κ1) is 23.2. The first-order chi connectivity index (χ1) is 15.9. The van der Waals surface area contributed by atoms with Crippen LogP contribution in [0.4, 0.5) is 21.9 Å². The minimum Gasteiger partial charge on any atom is -0.454 e. The molecule has 0 unspecified atom stereocenters. The van der Waals surface area contributed by atoms with Gasteiger partial charge in [-0.25, -0.2) is 9.59 Å². The van der Waals surface area contributed by atoms with E-state index in [2.05, 4.69) is 16.0 Å². The van der Waals surface area contributed by atoms with E-state index in [0.717, 1.165) is 0 Å². The molecule has 3 aromatic carbocycles. The molecular formula is C25H23N3O5. The zero-order valence-corrected chi connectivity index (χ0v) is 18.0. The fraction of sp³-hybridized carbons (Fsp3) is 0.120. The summed E-state index contributed by atoms with van der Waals surface area (Å²) in [4.78, 5) is 47.9. The summed E-state index contributed by atoms with van der Waals surface area (Å²) < 4.78 is 5.10. The van der Waals surface area contributed by atoms with Gasteiger partial charge in [0.25, 0.3) is 0 Å². The highest BCUT2D eigenvalue weighted by molar-refractivity contribution is 6.01. The lowest BCUT2D eigenvalue weighted by atomic mass is 10.1. The van der Waals surface area contributed by atoms with Crippen LogP contribution in [0.15, 0.2) is 78.9 Å². The third-order valence-corrected chi connectivity index (χ3v) is 4.56. The SMILES string of the molecule is CCC(=O)Nc1ccc(C(=O)COC(=O)c2ccc(NC(=O)Nc3ccccc3)cc2)cc1. The quantitative estimate of drug-likeness (QED) is 0.343. The zero-order chi connectivity index (χ0) is 23.6. The molecule has 8 heteroatoms. The van der Waals surface area contributed by atoms with Gasteiger partial charge in [0.1, 0.15) is 0 Å². The molecule has 3 rings (SSSR count). The summed E-state index contributed by atoms with van der Waals surface area (Å²) in [6.45, 7) is 1.33. The molecule has 3 amide bonds. The highest BCUT2D eigenvalue weighted by atomic mass is 16.5. The van der Waals surface area contributed by atoms with Crippen molar-refractivity contribution in [3.8, 4) is 0 Å². The molecule has 0 fully saturated rings. The Morgan fingerprint density at radius 2 is 1.18 bits per heavy atom. The number of Topliss-reactive ketones (excluding diaryl/α,β-unsaturated/α-hetero) is 1. The molecule has 33 heavy (non-hydrogen) atoms. The fourth-order valence-electron chi connectivity index (χ4n) is 2.79. The van der Waals surface area contributed by atoms with Crippen molar-refractivity contribution in [3.63, 3.8) is 0 Å². The summed E-state index contributed by atoms with van der Waals surface area (Å²) >= 11 is 0. The highest BCUT2D eigenvalue weighted by Crippen LogP contribution is 2.14. The Balaban J connectivity index is 1.48.